The summed E-state index contributed by atoms with van der Waals surface area (Å²) >= 11 is 0. The van der Waals surface area contributed by atoms with Crippen molar-refractivity contribution in [1.29, 1.82) is 0 Å². The molecule has 0 N–H and O–H groups in total. The van der Waals surface area contributed by atoms with Crippen LogP contribution in [0.5, 0.6) is 5.75 Å². The molecule has 2 amide bonds. The molecule has 1 aliphatic rings. The standard InChI is InChI=1S/C17H22N2O3/c1-11-10-15(20)19(18-11)16(21)12(2)22-14-8-6-13(7-9-14)17(3,4)5/h6-9,12H,10H2,1-5H3. The van der Waals surface area contributed by atoms with Crippen molar-refractivity contribution < 1.29 is 14.3 Å². The molecule has 0 radical (unpaired) electrons. The van der Waals surface area contributed by atoms with Gasteiger partial charge in [-0.3, -0.25) is 9.59 Å². The van der Waals surface area contributed by atoms with Crippen LogP contribution in [0.25, 0.3) is 0 Å². The molecule has 1 unspecified atom stereocenters. The minimum atomic E-state index is -0.765. The number of carbonyl (C=O) groups excluding carboxylic acids is 2. The second-order valence-corrected chi connectivity index (χ2v) is 6.59. The fraction of sp³-hybridized carbons (Fsp3) is 0.471. The third-order valence-corrected chi connectivity index (χ3v) is 3.50. The zero-order valence-electron chi connectivity index (χ0n) is 13.7. The maximum atomic E-state index is 12.2. The van der Waals surface area contributed by atoms with Crippen LogP contribution >= 0.6 is 0 Å². The highest BCUT2D eigenvalue weighted by molar-refractivity contribution is 6.10. The molecule has 1 aromatic carbocycles. The topological polar surface area (TPSA) is 59.0 Å². The lowest BCUT2D eigenvalue weighted by Crippen LogP contribution is -2.38. The van der Waals surface area contributed by atoms with Crippen molar-refractivity contribution in [3.63, 3.8) is 0 Å². The molecule has 5 heteroatoms. The van der Waals surface area contributed by atoms with E-state index >= 15 is 0 Å². The van der Waals surface area contributed by atoms with Crippen molar-refractivity contribution in [3.05, 3.63) is 29.8 Å². The van der Waals surface area contributed by atoms with Crippen LogP contribution < -0.4 is 4.74 Å². The molecule has 1 aromatic rings. The summed E-state index contributed by atoms with van der Waals surface area (Å²) < 4.78 is 5.63. The summed E-state index contributed by atoms with van der Waals surface area (Å²) in [7, 11) is 0. The molecule has 0 spiro atoms. The number of rotatable bonds is 3. The number of ether oxygens (including phenoxy) is 1. The lowest BCUT2D eigenvalue weighted by Gasteiger charge is -2.20. The van der Waals surface area contributed by atoms with Gasteiger partial charge in [-0.05, 0) is 37.0 Å². The Morgan fingerprint density at radius 3 is 2.32 bits per heavy atom. The zero-order chi connectivity index (χ0) is 16.5. The highest BCUT2D eigenvalue weighted by Gasteiger charge is 2.31. The molecule has 0 bridgehead atoms. The Kier molecular flexibility index (Phi) is 4.35. The van der Waals surface area contributed by atoms with E-state index in [2.05, 4.69) is 25.9 Å². The maximum absolute atomic E-state index is 12.2. The molecule has 22 heavy (non-hydrogen) atoms. The summed E-state index contributed by atoms with van der Waals surface area (Å²) in [5, 5.41) is 4.86. The molecule has 1 atom stereocenters. The SMILES string of the molecule is CC1=NN(C(=O)C(C)Oc2ccc(C(C)(C)C)cc2)C(=O)C1. The Labute approximate surface area is 131 Å². The summed E-state index contributed by atoms with van der Waals surface area (Å²) in [6.07, 6.45) is -0.572. The van der Waals surface area contributed by atoms with Crippen LogP contribution in [0, 0.1) is 0 Å². The van der Waals surface area contributed by atoms with Gasteiger partial charge in [0.2, 0.25) is 0 Å². The summed E-state index contributed by atoms with van der Waals surface area (Å²) in [6, 6.07) is 7.64. The predicted octanol–water partition coefficient (Wildman–Crippen LogP) is 2.89. The van der Waals surface area contributed by atoms with Crippen molar-refractivity contribution in [3.8, 4) is 5.75 Å². The molecule has 0 saturated carbocycles. The number of hydrogen-bond donors (Lipinski definition) is 0. The van der Waals surface area contributed by atoms with Gasteiger partial charge < -0.3 is 4.74 Å². The van der Waals surface area contributed by atoms with Gasteiger partial charge >= 0.3 is 0 Å². The van der Waals surface area contributed by atoms with Crippen LogP contribution in [-0.2, 0) is 15.0 Å². The second-order valence-electron chi connectivity index (χ2n) is 6.59. The molecule has 1 aliphatic heterocycles. The minimum absolute atomic E-state index is 0.0637. The molecular formula is C17H22N2O3. The largest absolute Gasteiger partial charge is 0.481 e. The fourth-order valence-corrected chi connectivity index (χ4v) is 2.19. The summed E-state index contributed by atoms with van der Waals surface area (Å²) in [6.45, 7) is 9.75. The third kappa shape index (κ3) is 3.53. The predicted molar refractivity (Wildman–Crippen MR) is 84.8 cm³/mol. The van der Waals surface area contributed by atoms with Crippen LogP contribution in [0.4, 0.5) is 0 Å². The molecule has 1 heterocycles. The Hall–Kier alpha value is -2.17. The Balaban J connectivity index is 2.04. The lowest BCUT2D eigenvalue weighted by atomic mass is 9.87. The van der Waals surface area contributed by atoms with Crippen molar-refractivity contribution in [2.24, 2.45) is 5.10 Å². The van der Waals surface area contributed by atoms with E-state index in [1.54, 1.807) is 13.8 Å². The van der Waals surface area contributed by atoms with Gasteiger partial charge in [-0.1, -0.05) is 32.9 Å². The molecule has 118 valence electrons. The number of hydrazone groups is 1. The number of carbonyl (C=O) groups is 2. The van der Waals surface area contributed by atoms with Gasteiger partial charge in [-0.15, -0.1) is 0 Å². The molecular weight excluding hydrogens is 280 g/mol. The van der Waals surface area contributed by atoms with E-state index in [0.717, 1.165) is 5.01 Å². The summed E-state index contributed by atoms with van der Waals surface area (Å²) in [4.78, 5) is 23.9. The van der Waals surface area contributed by atoms with Gasteiger partial charge in [0.15, 0.2) is 6.10 Å². The zero-order valence-corrected chi connectivity index (χ0v) is 13.7. The van der Waals surface area contributed by atoms with Gasteiger partial charge in [0.25, 0.3) is 11.8 Å². The number of benzene rings is 1. The van der Waals surface area contributed by atoms with Gasteiger partial charge in [0.1, 0.15) is 5.75 Å². The first kappa shape index (κ1) is 16.2. The first-order valence-corrected chi connectivity index (χ1v) is 7.36. The van der Waals surface area contributed by atoms with Gasteiger partial charge in [-0.25, -0.2) is 0 Å². The number of nitrogens with zero attached hydrogens (tertiary/aromatic N) is 2. The maximum Gasteiger partial charge on any atom is 0.290 e. The van der Waals surface area contributed by atoms with E-state index in [1.165, 1.54) is 5.56 Å². The molecule has 2 rings (SSSR count). The third-order valence-electron chi connectivity index (χ3n) is 3.50. The van der Waals surface area contributed by atoms with E-state index in [1.807, 2.05) is 24.3 Å². The number of amides is 2. The smallest absolute Gasteiger partial charge is 0.290 e. The molecule has 5 nitrogen and oxygen atoms in total. The Morgan fingerprint density at radius 2 is 1.86 bits per heavy atom. The fourth-order valence-electron chi connectivity index (χ4n) is 2.19. The summed E-state index contributed by atoms with van der Waals surface area (Å²) in [5.74, 6) is -0.149. The highest BCUT2D eigenvalue weighted by Crippen LogP contribution is 2.25. The van der Waals surface area contributed by atoms with E-state index in [9.17, 15) is 9.59 Å². The number of imide groups is 1. The Morgan fingerprint density at radius 1 is 1.27 bits per heavy atom. The van der Waals surface area contributed by atoms with Crippen LogP contribution in [0.2, 0.25) is 0 Å². The number of hydrogen-bond acceptors (Lipinski definition) is 4. The monoisotopic (exact) mass is 302 g/mol. The second kappa shape index (κ2) is 5.91. The minimum Gasteiger partial charge on any atom is -0.481 e. The van der Waals surface area contributed by atoms with Crippen LogP contribution in [0.15, 0.2) is 29.4 Å². The normalized spacial score (nSPS) is 16.5. The highest BCUT2D eigenvalue weighted by atomic mass is 16.5. The van der Waals surface area contributed by atoms with Crippen molar-refractivity contribution in [2.75, 3.05) is 0 Å². The molecule has 0 saturated heterocycles. The van der Waals surface area contributed by atoms with Gasteiger partial charge in [0.05, 0.1) is 6.42 Å². The lowest BCUT2D eigenvalue weighted by molar-refractivity contribution is -0.147. The first-order valence-electron chi connectivity index (χ1n) is 7.36. The van der Waals surface area contributed by atoms with Crippen LogP contribution in [0.1, 0.15) is 46.6 Å². The summed E-state index contributed by atoms with van der Waals surface area (Å²) in [5.41, 5.74) is 1.89. The van der Waals surface area contributed by atoms with E-state index < -0.39 is 12.0 Å². The average molecular weight is 302 g/mol. The van der Waals surface area contributed by atoms with Crippen molar-refractivity contribution in [2.45, 2.75) is 52.6 Å². The molecule has 0 fully saturated rings. The van der Waals surface area contributed by atoms with E-state index in [0.29, 0.717) is 11.5 Å². The van der Waals surface area contributed by atoms with E-state index in [-0.39, 0.29) is 17.7 Å². The van der Waals surface area contributed by atoms with E-state index in [4.69, 9.17) is 4.74 Å². The van der Waals surface area contributed by atoms with Crippen LogP contribution in [-0.4, -0.2) is 28.6 Å². The molecule has 0 aliphatic carbocycles. The Bertz CT molecular complexity index is 612. The van der Waals surface area contributed by atoms with Gasteiger partial charge in [0, 0.05) is 5.71 Å². The van der Waals surface area contributed by atoms with Gasteiger partial charge in [-0.2, -0.15) is 10.1 Å². The first-order chi connectivity index (χ1) is 10.2. The van der Waals surface area contributed by atoms with Crippen molar-refractivity contribution >= 4 is 17.5 Å². The van der Waals surface area contributed by atoms with Crippen LogP contribution in [0.3, 0.4) is 0 Å². The average Bonchev–Trinajstić information content (AvgIpc) is 2.76. The van der Waals surface area contributed by atoms with Crippen molar-refractivity contribution in [1.82, 2.24) is 5.01 Å². The molecule has 0 aromatic heterocycles. The quantitative estimate of drug-likeness (QED) is 0.862.